The summed E-state index contributed by atoms with van der Waals surface area (Å²) in [5.41, 5.74) is 10.8. The molecule has 55 heavy (non-hydrogen) atoms. The lowest BCUT2D eigenvalue weighted by Crippen LogP contribution is -2.30. The molecule has 3 atom stereocenters. The predicted octanol–water partition coefficient (Wildman–Crippen LogP) is 8.59. The van der Waals surface area contributed by atoms with E-state index >= 15 is 0 Å². The number of carboxylic acid groups (broad SMARTS) is 2. The maximum absolute atomic E-state index is 12.9. The Morgan fingerprint density at radius 2 is 0.818 bits per heavy atom. The monoisotopic (exact) mass is 809 g/mol. The maximum Gasteiger partial charge on any atom is 0.472 e. The van der Waals surface area contributed by atoms with E-state index in [9.17, 15) is 28.6 Å². The lowest BCUT2D eigenvalue weighted by Gasteiger charge is -2.22. The van der Waals surface area contributed by atoms with Crippen molar-refractivity contribution in [3.8, 4) is 0 Å². The number of phosphoric ester groups is 1. The van der Waals surface area contributed by atoms with Crippen molar-refractivity contribution in [2.24, 2.45) is 17.4 Å². The molecule has 0 aliphatic rings. The van der Waals surface area contributed by atoms with Crippen molar-refractivity contribution >= 4 is 31.7 Å². The van der Waals surface area contributed by atoms with Crippen molar-refractivity contribution in [3.63, 3.8) is 0 Å². The molecule has 7 N–H and O–H groups in total. The third kappa shape index (κ3) is 38.6. The van der Waals surface area contributed by atoms with E-state index in [1.807, 2.05) is 0 Å². The van der Waals surface area contributed by atoms with Crippen molar-refractivity contribution < 1.29 is 57.4 Å². The number of hydrogen-bond acceptors (Lipinski definition) is 11. The molecule has 14 nitrogen and oxygen atoms in total. The lowest BCUT2D eigenvalue weighted by atomic mass is 9.94. The van der Waals surface area contributed by atoms with Crippen LogP contribution in [0.5, 0.6) is 0 Å². The SMILES string of the molecule is NCCC(=O)OCC(COP(=O)(O)OC[C@H](CCCCCCCCCCCCCCC(=O)O)CCCCCCCCCCCCCC(=O)O)OC(=O)CCN. The molecule has 2 unspecified atom stereocenters. The van der Waals surface area contributed by atoms with Gasteiger partial charge < -0.3 is 36.0 Å². The number of ether oxygens (including phenoxy) is 2. The molecule has 0 spiro atoms. The van der Waals surface area contributed by atoms with Crippen LogP contribution >= 0.6 is 7.82 Å². The summed E-state index contributed by atoms with van der Waals surface area (Å²) >= 11 is 0. The second-order valence-electron chi connectivity index (χ2n) is 14.8. The summed E-state index contributed by atoms with van der Waals surface area (Å²) < 4.78 is 33.8. The summed E-state index contributed by atoms with van der Waals surface area (Å²) in [6.45, 7) is -0.639. The summed E-state index contributed by atoms with van der Waals surface area (Å²) in [7, 11) is -4.50. The molecule has 0 rings (SSSR count). The molecule has 0 aliphatic carbocycles. The minimum Gasteiger partial charge on any atom is -0.481 e. The Morgan fingerprint density at radius 1 is 0.473 bits per heavy atom. The van der Waals surface area contributed by atoms with Crippen LogP contribution in [0.25, 0.3) is 0 Å². The highest BCUT2D eigenvalue weighted by Gasteiger charge is 2.27. The first-order valence-electron chi connectivity index (χ1n) is 21.3. The molecular formula is C40H77N2O12P. The molecule has 0 aliphatic heterocycles. The van der Waals surface area contributed by atoms with Gasteiger partial charge in [-0.15, -0.1) is 0 Å². The topological polar surface area (TPSA) is 235 Å². The van der Waals surface area contributed by atoms with E-state index in [0.717, 1.165) is 96.3 Å². The summed E-state index contributed by atoms with van der Waals surface area (Å²) in [5.74, 6) is -2.58. The Morgan fingerprint density at radius 3 is 1.20 bits per heavy atom. The first kappa shape index (κ1) is 52.9. The van der Waals surface area contributed by atoms with Crippen LogP contribution in [0.3, 0.4) is 0 Å². The number of phosphoric acid groups is 1. The van der Waals surface area contributed by atoms with Gasteiger partial charge in [0.2, 0.25) is 0 Å². The zero-order valence-electron chi connectivity index (χ0n) is 33.8. The summed E-state index contributed by atoms with van der Waals surface area (Å²) in [6, 6.07) is 0. The fourth-order valence-electron chi connectivity index (χ4n) is 6.36. The van der Waals surface area contributed by atoms with Gasteiger partial charge in [-0.2, -0.15) is 0 Å². The summed E-state index contributed by atoms with van der Waals surface area (Å²) in [6.07, 6.45) is 26.3. The third-order valence-corrected chi connectivity index (χ3v) is 10.5. The summed E-state index contributed by atoms with van der Waals surface area (Å²) in [4.78, 5) is 55.5. The van der Waals surface area contributed by atoms with Crippen LogP contribution in [0.1, 0.15) is 186 Å². The van der Waals surface area contributed by atoms with Crippen molar-refractivity contribution in [1.82, 2.24) is 0 Å². The molecule has 0 saturated heterocycles. The molecule has 0 bridgehead atoms. The van der Waals surface area contributed by atoms with E-state index in [0.29, 0.717) is 0 Å². The molecule has 0 aromatic carbocycles. The standard InChI is InChI=1S/C40H77N2O12P/c41-30-28-39(47)51-33-36(54-40(48)29-31-42)34-53-55(49,50)52-32-35(25-21-17-13-9-5-3-7-11-15-19-23-27-38(45)46)24-20-16-12-8-4-1-2-6-10-14-18-22-26-37(43)44/h35-36H,1-34,41-42H2,(H,43,44)(H,45,46)(H,49,50)/t35-,36?/m1/s1. The minimum atomic E-state index is -4.50. The van der Waals surface area contributed by atoms with E-state index in [4.69, 9.17) is 40.2 Å². The van der Waals surface area contributed by atoms with Crippen molar-refractivity contribution in [1.29, 1.82) is 0 Å². The smallest absolute Gasteiger partial charge is 0.472 e. The number of carbonyl (C=O) groups excluding carboxylic acids is 2. The predicted molar refractivity (Wildman–Crippen MR) is 213 cm³/mol. The van der Waals surface area contributed by atoms with E-state index in [1.54, 1.807) is 0 Å². The first-order valence-corrected chi connectivity index (χ1v) is 22.8. The van der Waals surface area contributed by atoms with E-state index in [2.05, 4.69) is 0 Å². The van der Waals surface area contributed by atoms with Crippen LogP contribution in [-0.4, -0.2) is 78.0 Å². The Bertz CT molecular complexity index is 1020. The van der Waals surface area contributed by atoms with Gasteiger partial charge in [-0.05, 0) is 31.6 Å². The Kier molecular flexibility index (Phi) is 36.1. The van der Waals surface area contributed by atoms with E-state index in [-0.39, 0.29) is 57.9 Å². The van der Waals surface area contributed by atoms with Crippen LogP contribution in [-0.2, 0) is 42.3 Å². The zero-order valence-corrected chi connectivity index (χ0v) is 34.7. The quantitative estimate of drug-likeness (QED) is 0.0221. The van der Waals surface area contributed by atoms with Crippen LogP contribution in [0.15, 0.2) is 0 Å². The lowest BCUT2D eigenvalue weighted by molar-refractivity contribution is -0.161. The number of rotatable bonds is 42. The Labute approximate surface area is 331 Å². The second-order valence-corrected chi connectivity index (χ2v) is 16.2. The van der Waals surface area contributed by atoms with Crippen LogP contribution < -0.4 is 11.5 Å². The summed E-state index contributed by atoms with van der Waals surface area (Å²) in [5, 5.41) is 17.4. The molecule has 0 amide bonds. The van der Waals surface area contributed by atoms with Crippen LogP contribution in [0, 0.1) is 5.92 Å². The average molecular weight is 809 g/mol. The van der Waals surface area contributed by atoms with Gasteiger partial charge in [0.15, 0.2) is 6.10 Å². The van der Waals surface area contributed by atoms with Gasteiger partial charge in [-0.25, -0.2) is 4.57 Å². The molecule has 0 radical (unpaired) electrons. The molecule has 0 aromatic rings. The molecule has 0 saturated carbocycles. The fourth-order valence-corrected chi connectivity index (χ4v) is 7.19. The number of carboxylic acids is 2. The van der Waals surface area contributed by atoms with Crippen molar-refractivity contribution in [2.45, 2.75) is 192 Å². The van der Waals surface area contributed by atoms with Gasteiger partial charge >= 0.3 is 31.7 Å². The highest BCUT2D eigenvalue weighted by molar-refractivity contribution is 7.47. The van der Waals surface area contributed by atoms with Gasteiger partial charge in [-0.3, -0.25) is 28.2 Å². The molecule has 0 heterocycles. The number of unbranched alkanes of at least 4 members (excludes halogenated alkanes) is 21. The van der Waals surface area contributed by atoms with Gasteiger partial charge in [0.25, 0.3) is 0 Å². The molecule has 0 fully saturated rings. The number of esters is 2. The van der Waals surface area contributed by atoms with E-state index in [1.165, 1.54) is 64.2 Å². The van der Waals surface area contributed by atoms with E-state index < -0.39 is 44.4 Å². The van der Waals surface area contributed by atoms with Crippen molar-refractivity contribution in [3.05, 3.63) is 0 Å². The van der Waals surface area contributed by atoms with Crippen LogP contribution in [0.2, 0.25) is 0 Å². The van der Waals surface area contributed by atoms with Gasteiger partial charge in [0, 0.05) is 25.9 Å². The van der Waals surface area contributed by atoms with Gasteiger partial charge in [-0.1, -0.05) is 135 Å². The molecular weight excluding hydrogens is 731 g/mol. The molecule has 0 aromatic heterocycles. The first-order chi connectivity index (χ1) is 26.5. The highest BCUT2D eigenvalue weighted by Crippen LogP contribution is 2.44. The van der Waals surface area contributed by atoms with Gasteiger partial charge in [0.05, 0.1) is 26.1 Å². The van der Waals surface area contributed by atoms with Crippen LogP contribution in [0.4, 0.5) is 0 Å². The Balaban J connectivity index is 4.67. The number of carbonyl (C=O) groups is 4. The highest BCUT2D eigenvalue weighted by atomic mass is 31.2. The largest absolute Gasteiger partial charge is 0.481 e. The number of nitrogens with two attached hydrogens (primary N) is 2. The fraction of sp³-hybridized carbons (Fsp3) is 0.900. The van der Waals surface area contributed by atoms with Gasteiger partial charge in [0.1, 0.15) is 6.61 Å². The normalized spacial score (nSPS) is 13.6. The molecule has 15 heteroatoms. The Hall–Kier alpha value is -2.09. The number of aliphatic carboxylic acids is 2. The zero-order chi connectivity index (χ0) is 40.8. The average Bonchev–Trinajstić information content (AvgIpc) is 3.13. The third-order valence-electron chi connectivity index (χ3n) is 9.58. The second kappa shape index (κ2) is 37.5. The maximum atomic E-state index is 12.9. The molecule has 324 valence electrons. The number of hydrogen-bond donors (Lipinski definition) is 5. The minimum absolute atomic E-state index is 0.0218. The van der Waals surface area contributed by atoms with Crippen molar-refractivity contribution in [2.75, 3.05) is 32.9 Å².